The Kier molecular flexibility index (Phi) is 6.26. The monoisotopic (exact) mass is 212 g/mol. The highest BCUT2D eigenvalue weighted by molar-refractivity contribution is 4.69. The molecule has 0 heterocycles. The first-order valence-electron chi connectivity index (χ1n) is 6.56. The Bertz CT molecular complexity index is 151. The molecular formula is C13H28N2. The van der Waals surface area contributed by atoms with Gasteiger partial charge in [-0.25, -0.2) is 0 Å². The maximum absolute atomic E-state index is 3.60. The van der Waals surface area contributed by atoms with Crippen molar-refractivity contribution in [2.45, 2.75) is 51.5 Å². The highest BCUT2D eigenvalue weighted by Gasteiger charge is 2.14. The van der Waals surface area contributed by atoms with Gasteiger partial charge in [0.2, 0.25) is 0 Å². The maximum Gasteiger partial charge on any atom is 0.0166 e. The van der Waals surface area contributed by atoms with E-state index in [4.69, 9.17) is 0 Å². The molecule has 1 atom stereocenters. The molecule has 2 nitrogen and oxygen atoms in total. The molecule has 90 valence electrons. The van der Waals surface area contributed by atoms with Crippen molar-refractivity contribution in [3.63, 3.8) is 0 Å². The molecule has 0 bridgehead atoms. The minimum atomic E-state index is 0.628. The van der Waals surface area contributed by atoms with Crippen LogP contribution in [0.3, 0.4) is 0 Å². The molecule has 0 radical (unpaired) electrons. The highest BCUT2D eigenvalue weighted by atomic mass is 15.1. The molecule has 0 aliphatic heterocycles. The van der Waals surface area contributed by atoms with Crippen LogP contribution < -0.4 is 5.32 Å². The number of hydrogen-bond donors (Lipinski definition) is 1. The summed E-state index contributed by atoms with van der Waals surface area (Å²) in [6, 6.07) is 0.628. The third kappa shape index (κ3) is 6.16. The summed E-state index contributed by atoms with van der Waals surface area (Å²) in [5.41, 5.74) is 0. The smallest absolute Gasteiger partial charge is 0.0166 e. The number of nitrogens with zero attached hydrogens (tertiary/aromatic N) is 1. The van der Waals surface area contributed by atoms with Crippen LogP contribution in [0.1, 0.15) is 45.4 Å². The fourth-order valence-electron chi connectivity index (χ4n) is 2.65. The van der Waals surface area contributed by atoms with Gasteiger partial charge < -0.3 is 10.2 Å². The lowest BCUT2D eigenvalue weighted by Crippen LogP contribution is -2.36. The van der Waals surface area contributed by atoms with E-state index in [0.29, 0.717) is 6.04 Å². The number of likely N-dealkylation sites (N-methyl/N-ethyl adjacent to an activating group) is 1. The summed E-state index contributed by atoms with van der Waals surface area (Å²) >= 11 is 0. The van der Waals surface area contributed by atoms with Gasteiger partial charge in [-0.05, 0) is 46.3 Å². The molecule has 2 heteroatoms. The summed E-state index contributed by atoms with van der Waals surface area (Å²) in [6.07, 6.45) is 8.76. The van der Waals surface area contributed by atoms with Crippen LogP contribution >= 0.6 is 0 Å². The Hall–Kier alpha value is -0.0800. The normalized spacial score (nSPS) is 20.0. The van der Waals surface area contributed by atoms with Crippen molar-refractivity contribution in [3.8, 4) is 0 Å². The molecule has 0 spiro atoms. The van der Waals surface area contributed by atoms with E-state index in [1.54, 1.807) is 0 Å². The van der Waals surface area contributed by atoms with E-state index in [2.05, 4.69) is 31.2 Å². The molecule has 0 saturated heterocycles. The minimum absolute atomic E-state index is 0.628. The first-order valence-corrected chi connectivity index (χ1v) is 6.56. The fraction of sp³-hybridized carbons (Fsp3) is 1.00. The highest BCUT2D eigenvalue weighted by Crippen LogP contribution is 2.28. The Balaban J connectivity index is 1.91. The van der Waals surface area contributed by atoms with Crippen molar-refractivity contribution in [2.24, 2.45) is 5.92 Å². The van der Waals surface area contributed by atoms with Crippen molar-refractivity contribution >= 4 is 0 Å². The summed E-state index contributed by atoms with van der Waals surface area (Å²) in [7, 11) is 4.27. The van der Waals surface area contributed by atoms with Crippen LogP contribution in [0, 0.1) is 5.92 Å². The van der Waals surface area contributed by atoms with Crippen molar-refractivity contribution in [1.82, 2.24) is 10.2 Å². The Morgan fingerprint density at radius 3 is 2.53 bits per heavy atom. The SMILES string of the molecule is CC(CN(C)C)NCCCC1CCCC1. The van der Waals surface area contributed by atoms with Crippen LogP contribution in [-0.2, 0) is 0 Å². The van der Waals surface area contributed by atoms with Crippen molar-refractivity contribution in [2.75, 3.05) is 27.2 Å². The lowest BCUT2D eigenvalue weighted by atomic mass is 10.0. The quantitative estimate of drug-likeness (QED) is 0.652. The average Bonchev–Trinajstić information content (AvgIpc) is 2.63. The van der Waals surface area contributed by atoms with Crippen LogP contribution in [0.25, 0.3) is 0 Å². The largest absolute Gasteiger partial charge is 0.313 e. The van der Waals surface area contributed by atoms with E-state index < -0.39 is 0 Å². The van der Waals surface area contributed by atoms with Gasteiger partial charge in [-0.2, -0.15) is 0 Å². The van der Waals surface area contributed by atoms with Gasteiger partial charge in [-0.1, -0.05) is 25.7 Å². The van der Waals surface area contributed by atoms with E-state index in [9.17, 15) is 0 Å². The van der Waals surface area contributed by atoms with Gasteiger partial charge >= 0.3 is 0 Å². The Morgan fingerprint density at radius 1 is 1.27 bits per heavy atom. The van der Waals surface area contributed by atoms with Crippen LogP contribution in [0.15, 0.2) is 0 Å². The molecule has 1 rings (SSSR count). The second kappa shape index (κ2) is 7.24. The standard InChI is InChI=1S/C13H28N2/c1-12(11-15(2)3)14-10-6-9-13-7-4-5-8-13/h12-14H,4-11H2,1-3H3. The van der Waals surface area contributed by atoms with Crippen LogP contribution in [0.4, 0.5) is 0 Å². The van der Waals surface area contributed by atoms with Crippen LogP contribution in [0.2, 0.25) is 0 Å². The number of rotatable bonds is 7. The molecule has 0 aromatic carbocycles. The van der Waals surface area contributed by atoms with E-state index >= 15 is 0 Å². The van der Waals surface area contributed by atoms with E-state index in [1.807, 2.05) is 0 Å². The van der Waals surface area contributed by atoms with Crippen molar-refractivity contribution in [1.29, 1.82) is 0 Å². The summed E-state index contributed by atoms with van der Waals surface area (Å²) in [6.45, 7) is 4.62. The van der Waals surface area contributed by atoms with Gasteiger partial charge in [0.1, 0.15) is 0 Å². The Labute approximate surface area is 95.4 Å². The average molecular weight is 212 g/mol. The van der Waals surface area contributed by atoms with Gasteiger partial charge in [0.15, 0.2) is 0 Å². The summed E-state index contributed by atoms with van der Waals surface area (Å²) in [5.74, 6) is 1.05. The second-order valence-electron chi connectivity index (χ2n) is 5.41. The zero-order chi connectivity index (χ0) is 11.1. The lowest BCUT2D eigenvalue weighted by Gasteiger charge is -2.18. The third-order valence-corrected chi connectivity index (χ3v) is 3.40. The van der Waals surface area contributed by atoms with Gasteiger partial charge in [0, 0.05) is 12.6 Å². The van der Waals surface area contributed by atoms with Gasteiger partial charge in [0.05, 0.1) is 0 Å². The third-order valence-electron chi connectivity index (χ3n) is 3.40. The summed E-state index contributed by atoms with van der Waals surface area (Å²) in [5, 5.41) is 3.60. The van der Waals surface area contributed by atoms with Crippen molar-refractivity contribution < 1.29 is 0 Å². The first kappa shape index (κ1) is 13.0. The second-order valence-corrected chi connectivity index (χ2v) is 5.41. The molecule has 0 aromatic rings. The van der Waals surface area contributed by atoms with Gasteiger partial charge in [0.25, 0.3) is 0 Å². The Morgan fingerprint density at radius 2 is 1.93 bits per heavy atom. The molecule has 1 aliphatic carbocycles. The van der Waals surface area contributed by atoms with Gasteiger partial charge in [-0.3, -0.25) is 0 Å². The molecule has 15 heavy (non-hydrogen) atoms. The number of nitrogens with one attached hydrogen (secondary N) is 1. The van der Waals surface area contributed by atoms with Crippen molar-refractivity contribution in [3.05, 3.63) is 0 Å². The molecule has 1 fully saturated rings. The molecule has 1 aliphatic rings. The molecule has 1 N–H and O–H groups in total. The maximum atomic E-state index is 3.60. The molecule has 1 saturated carbocycles. The minimum Gasteiger partial charge on any atom is -0.313 e. The van der Waals surface area contributed by atoms with E-state index in [1.165, 1.54) is 45.1 Å². The summed E-state index contributed by atoms with van der Waals surface area (Å²) in [4.78, 5) is 2.24. The fourth-order valence-corrected chi connectivity index (χ4v) is 2.65. The van der Waals surface area contributed by atoms with E-state index in [-0.39, 0.29) is 0 Å². The predicted molar refractivity (Wildman–Crippen MR) is 67.2 cm³/mol. The summed E-state index contributed by atoms with van der Waals surface area (Å²) < 4.78 is 0. The van der Waals surface area contributed by atoms with E-state index in [0.717, 1.165) is 12.5 Å². The predicted octanol–water partition coefficient (Wildman–Crippen LogP) is 2.50. The van der Waals surface area contributed by atoms with Crippen LogP contribution in [-0.4, -0.2) is 38.1 Å². The lowest BCUT2D eigenvalue weighted by molar-refractivity contribution is 0.345. The molecule has 0 aromatic heterocycles. The molecule has 1 unspecified atom stereocenters. The zero-order valence-electron chi connectivity index (χ0n) is 10.8. The molecule has 0 amide bonds. The number of hydrogen-bond acceptors (Lipinski definition) is 2. The first-order chi connectivity index (χ1) is 7.18. The van der Waals surface area contributed by atoms with Gasteiger partial charge in [-0.15, -0.1) is 0 Å². The topological polar surface area (TPSA) is 15.3 Å². The van der Waals surface area contributed by atoms with Crippen LogP contribution in [0.5, 0.6) is 0 Å². The zero-order valence-corrected chi connectivity index (χ0v) is 10.8. The molecular weight excluding hydrogens is 184 g/mol.